The molecule has 0 radical (unpaired) electrons. The van der Waals surface area contributed by atoms with Crippen molar-refractivity contribution in [3.63, 3.8) is 0 Å². The van der Waals surface area contributed by atoms with Gasteiger partial charge in [0.15, 0.2) is 0 Å². The van der Waals surface area contributed by atoms with E-state index in [9.17, 15) is 18.9 Å². The first-order valence-corrected chi connectivity index (χ1v) is 6.64. The molecule has 7 heteroatoms. The summed E-state index contributed by atoms with van der Waals surface area (Å²) in [6, 6.07) is 1.73. The summed E-state index contributed by atoms with van der Waals surface area (Å²) >= 11 is 0. The Morgan fingerprint density at radius 1 is 1.25 bits per heavy atom. The highest BCUT2D eigenvalue weighted by atomic mass is 19.1. The van der Waals surface area contributed by atoms with Crippen molar-refractivity contribution in [2.24, 2.45) is 5.73 Å². The lowest BCUT2D eigenvalue weighted by atomic mass is 9.97. The normalized spacial score (nSPS) is 28.8. The Hall–Kier alpha value is -1.76. The largest absolute Gasteiger partial charge is 0.360 e. The molecular formula is C13H15F2N3O2. The van der Waals surface area contributed by atoms with Crippen molar-refractivity contribution >= 4 is 11.4 Å². The van der Waals surface area contributed by atoms with Crippen molar-refractivity contribution in [1.29, 1.82) is 0 Å². The van der Waals surface area contributed by atoms with Crippen LogP contribution in [0.2, 0.25) is 0 Å². The minimum Gasteiger partial charge on any atom is -0.360 e. The number of nitrogens with zero attached hydrogens (tertiary/aromatic N) is 2. The topological polar surface area (TPSA) is 72.4 Å². The van der Waals surface area contributed by atoms with E-state index in [-0.39, 0.29) is 23.8 Å². The first-order valence-electron chi connectivity index (χ1n) is 6.64. The first kappa shape index (κ1) is 13.2. The third kappa shape index (κ3) is 2.02. The average molecular weight is 283 g/mol. The van der Waals surface area contributed by atoms with Crippen molar-refractivity contribution in [2.75, 3.05) is 4.90 Å². The van der Waals surface area contributed by atoms with Gasteiger partial charge in [-0.2, -0.15) is 4.39 Å². The van der Waals surface area contributed by atoms with Gasteiger partial charge < -0.3 is 10.6 Å². The zero-order chi connectivity index (χ0) is 14.4. The van der Waals surface area contributed by atoms with E-state index >= 15 is 0 Å². The molecule has 0 saturated carbocycles. The van der Waals surface area contributed by atoms with Gasteiger partial charge in [-0.3, -0.25) is 10.1 Å². The molecule has 3 rings (SSSR count). The molecule has 5 nitrogen and oxygen atoms in total. The van der Waals surface area contributed by atoms with Gasteiger partial charge in [0.25, 0.3) is 0 Å². The van der Waals surface area contributed by atoms with E-state index in [1.807, 2.05) is 0 Å². The number of benzene rings is 1. The third-order valence-corrected chi connectivity index (χ3v) is 4.24. The van der Waals surface area contributed by atoms with Crippen molar-refractivity contribution in [2.45, 2.75) is 43.8 Å². The highest BCUT2D eigenvalue weighted by Crippen LogP contribution is 2.43. The van der Waals surface area contributed by atoms with Crippen LogP contribution in [-0.2, 0) is 0 Å². The van der Waals surface area contributed by atoms with Gasteiger partial charge in [-0.05, 0) is 25.7 Å². The second kappa shape index (κ2) is 4.66. The maximum absolute atomic E-state index is 13.7. The van der Waals surface area contributed by atoms with Gasteiger partial charge in [0, 0.05) is 30.3 Å². The van der Waals surface area contributed by atoms with E-state index in [0.29, 0.717) is 18.9 Å². The third-order valence-electron chi connectivity index (χ3n) is 4.24. The molecule has 0 aromatic heterocycles. The van der Waals surface area contributed by atoms with Crippen LogP contribution in [0.1, 0.15) is 25.7 Å². The molecule has 2 fully saturated rings. The molecule has 0 amide bonds. The molecule has 0 aliphatic carbocycles. The highest BCUT2D eigenvalue weighted by Gasteiger charge is 2.42. The van der Waals surface area contributed by atoms with E-state index in [4.69, 9.17) is 5.73 Å². The van der Waals surface area contributed by atoms with Gasteiger partial charge in [-0.15, -0.1) is 0 Å². The fourth-order valence-corrected chi connectivity index (χ4v) is 3.54. The van der Waals surface area contributed by atoms with Crippen LogP contribution in [0.4, 0.5) is 20.2 Å². The first-order chi connectivity index (χ1) is 9.47. The Bertz CT molecular complexity index is 553. The van der Waals surface area contributed by atoms with E-state index in [0.717, 1.165) is 18.9 Å². The lowest BCUT2D eigenvalue weighted by molar-refractivity contribution is -0.386. The van der Waals surface area contributed by atoms with Crippen LogP contribution < -0.4 is 10.6 Å². The van der Waals surface area contributed by atoms with E-state index in [1.165, 1.54) is 0 Å². The molecule has 2 unspecified atom stereocenters. The summed E-state index contributed by atoms with van der Waals surface area (Å²) in [6.45, 7) is 0. The molecule has 2 bridgehead atoms. The summed E-state index contributed by atoms with van der Waals surface area (Å²) < 4.78 is 27.2. The Morgan fingerprint density at radius 2 is 1.85 bits per heavy atom. The summed E-state index contributed by atoms with van der Waals surface area (Å²) in [5, 5.41) is 11.1. The summed E-state index contributed by atoms with van der Waals surface area (Å²) in [5.74, 6) is -1.92. The average Bonchev–Trinajstić information content (AvgIpc) is 2.60. The van der Waals surface area contributed by atoms with Crippen LogP contribution in [0.3, 0.4) is 0 Å². The van der Waals surface area contributed by atoms with Gasteiger partial charge in [-0.1, -0.05) is 0 Å². The molecule has 1 aromatic carbocycles. The van der Waals surface area contributed by atoms with Crippen molar-refractivity contribution in [3.05, 3.63) is 33.9 Å². The maximum Gasteiger partial charge on any atom is 0.328 e. The zero-order valence-electron chi connectivity index (χ0n) is 10.8. The quantitative estimate of drug-likeness (QED) is 0.668. The number of fused-ring (bicyclic) bond motifs is 2. The van der Waals surface area contributed by atoms with E-state index < -0.39 is 22.2 Å². The lowest BCUT2D eigenvalue weighted by Crippen LogP contribution is -2.47. The molecule has 0 spiro atoms. The number of anilines is 1. The van der Waals surface area contributed by atoms with Crippen LogP contribution >= 0.6 is 0 Å². The number of nitro groups is 1. The lowest BCUT2D eigenvalue weighted by Gasteiger charge is -2.39. The second-order valence-electron chi connectivity index (χ2n) is 5.54. The Kier molecular flexibility index (Phi) is 3.08. The van der Waals surface area contributed by atoms with E-state index in [1.54, 1.807) is 4.90 Å². The number of hydrogen-bond acceptors (Lipinski definition) is 4. The summed E-state index contributed by atoms with van der Waals surface area (Å²) in [4.78, 5) is 12.1. The summed E-state index contributed by atoms with van der Waals surface area (Å²) in [5.41, 5.74) is 5.35. The van der Waals surface area contributed by atoms with Crippen molar-refractivity contribution in [3.8, 4) is 0 Å². The van der Waals surface area contributed by atoms with Gasteiger partial charge in [0.2, 0.25) is 5.82 Å². The Labute approximate surface area is 114 Å². The van der Waals surface area contributed by atoms with Crippen molar-refractivity contribution in [1.82, 2.24) is 0 Å². The fourth-order valence-electron chi connectivity index (χ4n) is 3.54. The standard InChI is InChI=1S/C13H15F2N3O2/c14-7-3-11(15)13(18(19)20)12(4-7)17-9-1-2-10(17)6-8(16)5-9/h3-4,8-10H,1-2,5-6,16H2. The molecule has 2 aliphatic heterocycles. The molecule has 108 valence electrons. The number of rotatable bonds is 2. The number of nitro benzene ring substituents is 1. The SMILES string of the molecule is NC1CC2CCC(C1)N2c1cc(F)cc(F)c1[N+](=O)[O-]. The van der Waals surface area contributed by atoms with Gasteiger partial charge in [0.1, 0.15) is 11.5 Å². The molecule has 1 aromatic rings. The molecule has 2 saturated heterocycles. The highest BCUT2D eigenvalue weighted by molar-refractivity contribution is 5.66. The Balaban J connectivity index is 2.08. The van der Waals surface area contributed by atoms with Crippen molar-refractivity contribution < 1.29 is 13.7 Å². The number of nitrogens with two attached hydrogens (primary N) is 1. The van der Waals surface area contributed by atoms with Crippen LogP contribution in [-0.4, -0.2) is 23.0 Å². The van der Waals surface area contributed by atoms with Gasteiger partial charge in [-0.25, -0.2) is 4.39 Å². The molecule has 2 heterocycles. The van der Waals surface area contributed by atoms with Gasteiger partial charge in [0.05, 0.1) is 4.92 Å². The predicted molar refractivity (Wildman–Crippen MR) is 69.5 cm³/mol. The molecule has 2 N–H and O–H groups in total. The summed E-state index contributed by atoms with van der Waals surface area (Å²) in [7, 11) is 0. The zero-order valence-corrected chi connectivity index (χ0v) is 10.8. The van der Waals surface area contributed by atoms with Gasteiger partial charge >= 0.3 is 5.69 Å². The second-order valence-corrected chi connectivity index (χ2v) is 5.54. The predicted octanol–water partition coefficient (Wildman–Crippen LogP) is 2.33. The summed E-state index contributed by atoms with van der Waals surface area (Å²) in [6.07, 6.45) is 3.11. The van der Waals surface area contributed by atoms with Crippen LogP contribution in [0.5, 0.6) is 0 Å². The smallest absolute Gasteiger partial charge is 0.328 e. The maximum atomic E-state index is 13.7. The monoisotopic (exact) mass is 283 g/mol. The Morgan fingerprint density at radius 3 is 2.40 bits per heavy atom. The fraction of sp³-hybridized carbons (Fsp3) is 0.538. The minimum atomic E-state index is -1.13. The van der Waals surface area contributed by atoms with Crippen LogP contribution in [0.25, 0.3) is 0 Å². The number of hydrogen-bond donors (Lipinski definition) is 1. The number of halogens is 2. The molecule has 20 heavy (non-hydrogen) atoms. The number of piperidine rings is 1. The molecular weight excluding hydrogens is 268 g/mol. The molecule has 2 atom stereocenters. The minimum absolute atomic E-state index is 0.0312. The van der Waals surface area contributed by atoms with E-state index in [2.05, 4.69) is 0 Å². The van der Waals surface area contributed by atoms with Crippen LogP contribution in [0, 0.1) is 21.7 Å². The van der Waals surface area contributed by atoms with Crippen LogP contribution in [0.15, 0.2) is 12.1 Å². The molecule has 2 aliphatic rings.